The molecule has 1 N–H and O–H groups in total. The van der Waals surface area contributed by atoms with Gasteiger partial charge in [-0.1, -0.05) is 59.6 Å². The Morgan fingerprint density at radius 2 is 1.75 bits per heavy atom. The summed E-state index contributed by atoms with van der Waals surface area (Å²) in [6.07, 6.45) is 2.39. The number of hydrogen-bond acceptors (Lipinski definition) is 9. The lowest BCUT2D eigenvalue weighted by molar-refractivity contribution is 0.0512. The number of anilines is 2. The molecule has 2 amide bonds. The van der Waals surface area contributed by atoms with E-state index in [2.05, 4.69) is 62.8 Å². The first-order chi connectivity index (χ1) is 28.3. The predicted molar refractivity (Wildman–Crippen MR) is 229 cm³/mol. The minimum atomic E-state index is -2.10. The summed E-state index contributed by atoms with van der Waals surface area (Å²) in [5, 5.41) is 11.8. The molecule has 0 radical (unpaired) electrons. The molecule has 4 saturated heterocycles. The maximum absolute atomic E-state index is 15.2. The van der Waals surface area contributed by atoms with Crippen LogP contribution < -0.4 is 19.3 Å². The van der Waals surface area contributed by atoms with Gasteiger partial charge < -0.3 is 29.1 Å². The quantitative estimate of drug-likeness (QED) is 0.117. The van der Waals surface area contributed by atoms with Crippen molar-refractivity contribution in [2.45, 2.75) is 120 Å². The number of hydrogen-bond donors (Lipinski definition) is 1. The zero-order chi connectivity index (χ0) is 41.8. The number of ether oxygens (including phenoxy) is 3. The van der Waals surface area contributed by atoms with Crippen LogP contribution in [0.3, 0.4) is 0 Å². The van der Waals surface area contributed by atoms with Gasteiger partial charge in [-0.25, -0.2) is 9.18 Å². The van der Waals surface area contributed by atoms with Gasteiger partial charge in [0, 0.05) is 62.3 Å². The molecule has 4 atom stereocenters. The van der Waals surface area contributed by atoms with Crippen molar-refractivity contribution >= 4 is 42.4 Å². The summed E-state index contributed by atoms with van der Waals surface area (Å²) in [5.41, 5.74) is 7.35. The average Bonchev–Trinajstić information content (AvgIpc) is 3.82. The second kappa shape index (κ2) is 16.2. The van der Waals surface area contributed by atoms with Crippen LogP contribution in [0.15, 0.2) is 30.3 Å². The molecule has 0 spiro atoms. The van der Waals surface area contributed by atoms with Crippen molar-refractivity contribution < 1.29 is 33.3 Å². The van der Waals surface area contributed by atoms with E-state index in [0.29, 0.717) is 72.9 Å². The van der Waals surface area contributed by atoms with Crippen molar-refractivity contribution in [2.75, 3.05) is 63.0 Å². The second-order valence-electron chi connectivity index (χ2n) is 18.3. The molecule has 2 bridgehead atoms. The van der Waals surface area contributed by atoms with E-state index in [9.17, 15) is 14.3 Å². The van der Waals surface area contributed by atoms with E-state index in [1.165, 1.54) is 0 Å². The molecule has 2 unspecified atom stereocenters. The Hall–Kier alpha value is -4.45. The predicted octanol–water partition coefficient (Wildman–Crippen LogP) is 7.67. The molecule has 1 aromatic heterocycles. The number of rotatable bonds is 11. The summed E-state index contributed by atoms with van der Waals surface area (Å²) < 4.78 is 32.5. The highest BCUT2D eigenvalue weighted by Crippen LogP contribution is 2.44. The molecular formula is C45H59FN6O6Si. The van der Waals surface area contributed by atoms with Gasteiger partial charge in [-0.2, -0.15) is 9.97 Å². The summed E-state index contributed by atoms with van der Waals surface area (Å²) in [4.78, 5) is 44.9. The van der Waals surface area contributed by atoms with Crippen molar-refractivity contribution in [3.63, 3.8) is 0 Å². The third kappa shape index (κ3) is 7.31. The van der Waals surface area contributed by atoms with Gasteiger partial charge in [-0.15, -0.1) is 5.54 Å². The fourth-order valence-corrected chi connectivity index (χ4v) is 16.6. The zero-order valence-electron chi connectivity index (χ0n) is 35.6. The lowest BCUT2D eigenvalue weighted by Gasteiger charge is -2.41. The molecule has 59 heavy (non-hydrogen) atoms. The van der Waals surface area contributed by atoms with Gasteiger partial charge in [0.05, 0.1) is 23.3 Å². The van der Waals surface area contributed by atoms with E-state index >= 15 is 4.79 Å². The number of nitrogens with zero attached hydrogens (tertiary/aromatic N) is 6. The molecule has 0 saturated carbocycles. The zero-order valence-corrected chi connectivity index (χ0v) is 36.6. The fraction of sp³-hybridized carbons (Fsp3) is 0.600. The molecule has 12 nitrogen and oxygen atoms in total. The van der Waals surface area contributed by atoms with Crippen LogP contribution in [0.25, 0.3) is 10.8 Å². The van der Waals surface area contributed by atoms with Crippen LogP contribution >= 0.6 is 0 Å². The first-order valence-electron chi connectivity index (χ1n) is 21.5. The smallest absolute Gasteiger partial charge is 0.407 e. The Morgan fingerprint density at radius 1 is 1.02 bits per heavy atom. The number of carboxylic acid groups (broad SMARTS) is 1. The molecule has 8 rings (SSSR count). The number of carbonyl (C=O) groups is 2. The van der Waals surface area contributed by atoms with Gasteiger partial charge >= 0.3 is 12.1 Å². The molecule has 5 aliphatic heterocycles. The van der Waals surface area contributed by atoms with Gasteiger partial charge in [-0.05, 0) is 72.8 Å². The average molecular weight is 827 g/mol. The highest BCUT2D eigenvalue weighted by atomic mass is 28.3. The van der Waals surface area contributed by atoms with Crippen molar-refractivity contribution in [2.24, 2.45) is 0 Å². The Bertz CT molecular complexity index is 2140. The van der Waals surface area contributed by atoms with Crippen molar-refractivity contribution in [3.8, 4) is 23.2 Å². The Kier molecular flexibility index (Phi) is 11.3. The fourth-order valence-electron chi connectivity index (χ4n) is 11.4. The number of fused-ring (bicyclic) bond motifs is 5. The van der Waals surface area contributed by atoms with Crippen molar-refractivity contribution in [1.82, 2.24) is 19.8 Å². The number of aromatic nitrogens is 2. The normalized spacial score (nSPS) is 24.3. The number of methoxy groups -OCH3 is 1. The SMILES string of the molecule is COCOc1cc(N2CCc3c(nc(OC[C@@]45CCCN4C[C@H](F)C5)nc3N3CC4CCC(C3)N4C(=O)O)C2=O)c2c(C#C[Si](C(C)C)(C(C)C)C(C)C)cccc2c1. The number of piperazine rings is 1. The van der Waals surface area contributed by atoms with E-state index in [4.69, 9.17) is 24.2 Å². The Labute approximate surface area is 348 Å². The molecule has 3 aromatic rings. The van der Waals surface area contributed by atoms with Gasteiger partial charge in [-0.3, -0.25) is 14.6 Å². The van der Waals surface area contributed by atoms with E-state index in [-0.39, 0.29) is 43.1 Å². The molecule has 6 heterocycles. The summed E-state index contributed by atoms with van der Waals surface area (Å²) in [6, 6.07) is 9.68. The minimum absolute atomic E-state index is 0.0446. The molecule has 4 fully saturated rings. The van der Waals surface area contributed by atoms with E-state index in [0.717, 1.165) is 54.1 Å². The lowest BCUT2D eigenvalue weighted by Crippen LogP contribution is -2.56. The second-order valence-corrected chi connectivity index (χ2v) is 23.8. The largest absolute Gasteiger partial charge is 0.467 e. The Morgan fingerprint density at radius 3 is 2.42 bits per heavy atom. The number of amides is 2. The summed E-state index contributed by atoms with van der Waals surface area (Å²) in [6.45, 7) is 16.6. The monoisotopic (exact) mass is 826 g/mol. The third-order valence-corrected chi connectivity index (χ3v) is 20.4. The van der Waals surface area contributed by atoms with Gasteiger partial charge in [0.25, 0.3) is 5.91 Å². The first-order valence-corrected chi connectivity index (χ1v) is 23.7. The van der Waals surface area contributed by atoms with Crippen LogP contribution in [0, 0.1) is 11.5 Å². The van der Waals surface area contributed by atoms with Crippen LogP contribution in [0.4, 0.5) is 20.7 Å². The van der Waals surface area contributed by atoms with E-state index in [1.54, 1.807) is 16.9 Å². The van der Waals surface area contributed by atoms with Crippen LogP contribution in [-0.2, 0) is 11.2 Å². The van der Waals surface area contributed by atoms with Crippen LogP contribution in [-0.4, -0.2) is 122 Å². The van der Waals surface area contributed by atoms with Gasteiger partial charge in [0.1, 0.15) is 38.1 Å². The van der Waals surface area contributed by atoms with Crippen LogP contribution in [0.2, 0.25) is 16.6 Å². The van der Waals surface area contributed by atoms with Crippen molar-refractivity contribution in [1.29, 1.82) is 0 Å². The van der Waals surface area contributed by atoms with Gasteiger partial charge in [0.2, 0.25) is 0 Å². The lowest BCUT2D eigenvalue weighted by atomic mass is 9.95. The molecule has 14 heteroatoms. The number of carbonyl (C=O) groups excluding carboxylic acids is 1. The standard InChI is InChI=1S/C45H59FN6O6Si/c1-28(2)59(29(3)4,30(5)6)19-15-31-10-8-11-32-20-36(58-27-56-7)21-38(39(31)32)51-18-14-37-40(42(51)53)47-43(57-26-45-16-9-17-50(45)23-33(46)22-45)48-41(37)49-24-34-12-13-35(25-49)52(34)44(54)55/h8,10-11,20-21,28-30,33-35H,9,12-14,16-18,22-27H2,1-7H3,(H,54,55)/t33-,34?,35?,45+/m1/s1. The van der Waals surface area contributed by atoms with Crippen molar-refractivity contribution in [3.05, 3.63) is 47.2 Å². The third-order valence-electron chi connectivity index (χ3n) is 14.1. The maximum atomic E-state index is 15.2. The molecule has 5 aliphatic rings. The number of halogens is 1. The Balaban J connectivity index is 1.22. The summed E-state index contributed by atoms with van der Waals surface area (Å²) in [7, 11) is -0.523. The minimum Gasteiger partial charge on any atom is -0.467 e. The van der Waals surface area contributed by atoms with Crippen LogP contribution in [0.1, 0.15) is 95.3 Å². The number of benzene rings is 2. The topological polar surface area (TPSA) is 121 Å². The molecular weight excluding hydrogens is 768 g/mol. The summed E-state index contributed by atoms with van der Waals surface area (Å²) >= 11 is 0. The first kappa shape index (κ1) is 41.3. The highest BCUT2D eigenvalue weighted by Gasteiger charge is 2.50. The molecule has 2 aromatic carbocycles. The number of alkyl halides is 1. The molecule has 316 valence electrons. The summed E-state index contributed by atoms with van der Waals surface area (Å²) in [5.74, 6) is 4.57. The highest BCUT2D eigenvalue weighted by molar-refractivity contribution is 6.90. The van der Waals surface area contributed by atoms with E-state index < -0.39 is 25.9 Å². The van der Waals surface area contributed by atoms with Crippen LogP contribution in [0.5, 0.6) is 11.8 Å². The molecule has 0 aliphatic carbocycles. The van der Waals surface area contributed by atoms with Gasteiger partial charge in [0.15, 0.2) is 6.79 Å². The maximum Gasteiger partial charge on any atom is 0.407 e. The van der Waals surface area contributed by atoms with E-state index in [1.807, 2.05) is 30.3 Å².